The van der Waals surface area contributed by atoms with Gasteiger partial charge in [0.05, 0.1) is 12.3 Å². The van der Waals surface area contributed by atoms with E-state index in [4.69, 9.17) is 11.2 Å². The number of thioether (sulfide) groups is 1. The number of carbonyl (C=O) groups excluding carboxylic acids is 2. The number of carbonyl (C=O) groups is 2. The fraction of sp³-hybridized carbons (Fsp3) is 0.143. The van der Waals surface area contributed by atoms with Crippen LogP contribution in [0.2, 0.25) is 0 Å². The molecule has 0 aliphatic rings. The molecule has 1 amide bonds. The first-order valence-electron chi connectivity index (χ1n) is 8.74. The number of hydrogen-bond acceptors (Lipinski definition) is 6. The van der Waals surface area contributed by atoms with E-state index >= 15 is 0 Å². The first kappa shape index (κ1) is 20.2. The van der Waals surface area contributed by atoms with Crippen LogP contribution < -0.4 is 5.32 Å². The van der Waals surface area contributed by atoms with E-state index < -0.39 is 11.9 Å². The Morgan fingerprint density at radius 3 is 2.45 bits per heavy atom. The molecule has 0 fully saturated rings. The van der Waals surface area contributed by atoms with Gasteiger partial charge in [-0.25, -0.2) is 0 Å². The van der Waals surface area contributed by atoms with E-state index in [9.17, 15) is 9.59 Å². The molecule has 0 radical (unpaired) electrons. The summed E-state index contributed by atoms with van der Waals surface area (Å²) in [5, 5.41) is 11.5. The van der Waals surface area contributed by atoms with Crippen LogP contribution in [-0.4, -0.2) is 45.5 Å². The first-order valence-corrected chi connectivity index (χ1v) is 9.72. The van der Waals surface area contributed by atoms with Crippen molar-refractivity contribution in [3.05, 3.63) is 60.7 Å². The van der Waals surface area contributed by atoms with Gasteiger partial charge in [0.25, 0.3) is 5.91 Å². The fourth-order valence-electron chi connectivity index (χ4n) is 2.46. The summed E-state index contributed by atoms with van der Waals surface area (Å²) in [4.78, 5) is 23.5. The van der Waals surface area contributed by atoms with Crippen LogP contribution >= 0.6 is 11.8 Å². The highest BCUT2D eigenvalue weighted by molar-refractivity contribution is 7.99. The molecule has 0 saturated heterocycles. The molecule has 1 N–H and O–H groups in total. The number of nitrogens with one attached hydrogen (secondary N) is 1. The van der Waals surface area contributed by atoms with E-state index in [2.05, 4.69) is 21.4 Å². The van der Waals surface area contributed by atoms with Crippen LogP contribution in [0.5, 0.6) is 0 Å². The number of para-hydroxylation sites is 1. The Bertz CT molecular complexity index is 1010. The van der Waals surface area contributed by atoms with Crippen molar-refractivity contribution < 1.29 is 14.3 Å². The highest BCUT2D eigenvalue weighted by Crippen LogP contribution is 2.27. The van der Waals surface area contributed by atoms with Crippen LogP contribution in [0, 0.1) is 12.3 Å². The van der Waals surface area contributed by atoms with Gasteiger partial charge >= 0.3 is 5.97 Å². The monoisotopic (exact) mass is 406 g/mol. The van der Waals surface area contributed by atoms with Gasteiger partial charge in [-0.15, -0.1) is 16.6 Å². The van der Waals surface area contributed by atoms with Crippen LogP contribution in [0.3, 0.4) is 0 Å². The van der Waals surface area contributed by atoms with E-state index in [-0.39, 0.29) is 18.9 Å². The van der Waals surface area contributed by atoms with Crippen LogP contribution in [0.4, 0.5) is 0 Å². The molecule has 2 aromatic carbocycles. The fourth-order valence-corrected chi connectivity index (χ4v) is 3.21. The van der Waals surface area contributed by atoms with Crippen molar-refractivity contribution >= 4 is 23.6 Å². The molecule has 146 valence electrons. The molecule has 0 aliphatic heterocycles. The number of ether oxygens (including phenoxy) is 1. The Hall–Kier alpha value is -3.57. The standard InChI is InChI=1S/C21H18N4O3S/c1-2-13-22-18(26)14-28-19(27)15-29-21-24-23-20(16-9-5-3-6-10-16)25(21)17-11-7-4-8-12-17/h1,3-12H,13-15H2,(H,22,26). The largest absolute Gasteiger partial charge is 0.455 e. The summed E-state index contributed by atoms with van der Waals surface area (Å²) in [5.41, 5.74) is 1.78. The molecule has 0 spiro atoms. The molecule has 3 rings (SSSR count). The quantitative estimate of drug-likeness (QED) is 0.351. The van der Waals surface area contributed by atoms with E-state index in [0.717, 1.165) is 11.3 Å². The summed E-state index contributed by atoms with van der Waals surface area (Å²) < 4.78 is 6.84. The molecule has 1 heterocycles. The van der Waals surface area contributed by atoms with Crippen molar-refractivity contribution in [3.63, 3.8) is 0 Å². The predicted molar refractivity (Wildman–Crippen MR) is 110 cm³/mol. The Labute approximate surface area is 172 Å². The zero-order valence-electron chi connectivity index (χ0n) is 15.4. The van der Waals surface area contributed by atoms with Crippen LogP contribution in [0.1, 0.15) is 0 Å². The highest BCUT2D eigenvalue weighted by Gasteiger charge is 2.17. The Kier molecular flexibility index (Phi) is 7.03. The lowest BCUT2D eigenvalue weighted by Gasteiger charge is -2.10. The van der Waals surface area contributed by atoms with Crippen molar-refractivity contribution in [2.75, 3.05) is 18.9 Å². The number of terminal acetylenes is 1. The summed E-state index contributed by atoms with van der Waals surface area (Å²) in [5.74, 6) is 1.96. The molecule has 0 aliphatic carbocycles. The number of aromatic nitrogens is 3. The molecule has 0 saturated carbocycles. The van der Waals surface area contributed by atoms with Crippen molar-refractivity contribution in [3.8, 4) is 29.4 Å². The zero-order chi connectivity index (χ0) is 20.5. The van der Waals surface area contributed by atoms with Crippen molar-refractivity contribution in [2.24, 2.45) is 0 Å². The lowest BCUT2D eigenvalue weighted by atomic mass is 10.2. The van der Waals surface area contributed by atoms with Gasteiger partial charge < -0.3 is 10.1 Å². The molecule has 3 aromatic rings. The predicted octanol–water partition coefficient (Wildman–Crippen LogP) is 2.32. The lowest BCUT2D eigenvalue weighted by molar-refractivity contribution is -0.145. The minimum atomic E-state index is -0.533. The molecular weight excluding hydrogens is 388 g/mol. The number of hydrogen-bond donors (Lipinski definition) is 1. The molecule has 0 unspecified atom stereocenters. The van der Waals surface area contributed by atoms with Gasteiger partial charge in [-0.3, -0.25) is 14.2 Å². The zero-order valence-corrected chi connectivity index (χ0v) is 16.3. The smallest absolute Gasteiger partial charge is 0.316 e. The summed E-state index contributed by atoms with van der Waals surface area (Å²) in [6.45, 7) is -0.282. The van der Waals surface area contributed by atoms with E-state index in [1.165, 1.54) is 11.8 Å². The Morgan fingerprint density at radius 1 is 1.07 bits per heavy atom. The SMILES string of the molecule is C#CCNC(=O)COC(=O)CSc1nnc(-c2ccccc2)n1-c1ccccc1. The van der Waals surface area contributed by atoms with Crippen molar-refractivity contribution in [2.45, 2.75) is 5.16 Å². The third-order valence-corrected chi connectivity index (χ3v) is 4.65. The number of nitrogens with zero attached hydrogens (tertiary/aromatic N) is 3. The van der Waals surface area contributed by atoms with Gasteiger partial charge in [0.15, 0.2) is 17.6 Å². The summed E-state index contributed by atoms with van der Waals surface area (Å²) in [6.07, 6.45) is 5.06. The van der Waals surface area contributed by atoms with Gasteiger partial charge in [-0.05, 0) is 12.1 Å². The van der Waals surface area contributed by atoms with Crippen molar-refractivity contribution in [1.82, 2.24) is 20.1 Å². The van der Waals surface area contributed by atoms with Crippen LogP contribution in [0.15, 0.2) is 65.8 Å². The average molecular weight is 406 g/mol. The van der Waals surface area contributed by atoms with Gasteiger partial charge in [0.2, 0.25) is 0 Å². The second-order valence-corrected chi connectivity index (χ2v) is 6.72. The number of amides is 1. The normalized spacial score (nSPS) is 10.2. The molecule has 7 nitrogen and oxygen atoms in total. The molecule has 29 heavy (non-hydrogen) atoms. The van der Waals surface area contributed by atoms with Gasteiger partial charge in [0, 0.05) is 11.3 Å². The number of esters is 1. The summed E-state index contributed by atoms with van der Waals surface area (Å²) in [6, 6.07) is 19.3. The Morgan fingerprint density at radius 2 is 1.76 bits per heavy atom. The lowest BCUT2D eigenvalue weighted by Crippen LogP contribution is -2.29. The second kappa shape index (κ2) is 10.1. The number of rotatable bonds is 8. The molecule has 8 heteroatoms. The van der Waals surface area contributed by atoms with Crippen LogP contribution in [0.25, 0.3) is 17.1 Å². The first-order chi connectivity index (χ1) is 14.2. The maximum atomic E-state index is 12.0. The minimum Gasteiger partial charge on any atom is -0.455 e. The summed E-state index contributed by atoms with van der Waals surface area (Å²) >= 11 is 1.19. The van der Waals surface area contributed by atoms with Gasteiger partial charge in [-0.1, -0.05) is 66.2 Å². The Balaban J connectivity index is 1.73. The third kappa shape index (κ3) is 5.46. The number of benzene rings is 2. The molecule has 0 atom stereocenters. The maximum Gasteiger partial charge on any atom is 0.316 e. The second-order valence-electron chi connectivity index (χ2n) is 5.77. The average Bonchev–Trinajstić information content (AvgIpc) is 3.20. The van der Waals surface area contributed by atoms with E-state index in [0.29, 0.717) is 11.0 Å². The summed E-state index contributed by atoms with van der Waals surface area (Å²) in [7, 11) is 0. The molecule has 0 bridgehead atoms. The third-order valence-electron chi connectivity index (χ3n) is 3.75. The highest BCUT2D eigenvalue weighted by atomic mass is 32.2. The van der Waals surface area contributed by atoms with Gasteiger partial charge in [0.1, 0.15) is 0 Å². The van der Waals surface area contributed by atoms with Crippen molar-refractivity contribution in [1.29, 1.82) is 0 Å². The van der Waals surface area contributed by atoms with Gasteiger partial charge in [-0.2, -0.15) is 0 Å². The van der Waals surface area contributed by atoms with Crippen LogP contribution in [-0.2, 0) is 14.3 Å². The molecule has 1 aromatic heterocycles. The maximum absolute atomic E-state index is 12.0. The van der Waals surface area contributed by atoms with E-state index in [1.807, 2.05) is 65.2 Å². The minimum absolute atomic E-state index is 0.0117. The topological polar surface area (TPSA) is 86.1 Å². The van der Waals surface area contributed by atoms with E-state index in [1.54, 1.807) is 0 Å². The molecular formula is C21H18N4O3S.